The summed E-state index contributed by atoms with van der Waals surface area (Å²) in [5.41, 5.74) is 19.4. The zero-order valence-electron chi connectivity index (χ0n) is 35.0. The minimum atomic E-state index is -0.487. The Balaban J connectivity index is 0.968. The molecule has 302 valence electrons. The molecule has 0 bridgehead atoms. The van der Waals surface area contributed by atoms with Gasteiger partial charge in [0.1, 0.15) is 0 Å². The van der Waals surface area contributed by atoms with Crippen LogP contribution in [0.5, 0.6) is 23.0 Å². The van der Waals surface area contributed by atoms with Crippen LogP contribution >= 0.6 is 0 Å². The Bertz CT molecular complexity index is 3370. The van der Waals surface area contributed by atoms with E-state index >= 15 is 0 Å². The molecule has 1 spiro atoms. The van der Waals surface area contributed by atoms with Gasteiger partial charge in [-0.3, -0.25) is 0 Å². The fourth-order valence-corrected chi connectivity index (χ4v) is 11.0. The molecular weight excluding hydrogens is 779 g/mol. The molecule has 0 amide bonds. The van der Waals surface area contributed by atoms with Crippen molar-refractivity contribution in [3.05, 3.63) is 252 Å². The summed E-state index contributed by atoms with van der Waals surface area (Å²) in [6.07, 6.45) is 9.05. The van der Waals surface area contributed by atoms with Gasteiger partial charge in [0.05, 0.1) is 11.1 Å². The summed E-state index contributed by atoms with van der Waals surface area (Å²) >= 11 is 0. The summed E-state index contributed by atoms with van der Waals surface area (Å²) in [6.45, 7) is 0. The second-order valence-corrected chi connectivity index (χ2v) is 17.0. The normalized spacial score (nSPS) is 14.2. The van der Waals surface area contributed by atoms with Crippen molar-refractivity contribution in [1.82, 2.24) is 0 Å². The van der Waals surface area contributed by atoms with Crippen LogP contribution in [0.25, 0.3) is 50.1 Å². The number of rotatable bonds is 6. The summed E-state index contributed by atoms with van der Waals surface area (Å²) in [6, 6.07) is 74.3. The van der Waals surface area contributed by atoms with Crippen LogP contribution in [-0.2, 0) is 5.41 Å². The highest BCUT2D eigenvalue weighted by atomic mass is 16.6. The van der Waals surface area contributed by atoms with Crippen LogP contribution in [0.3, 0.4) is 0 Å². The number of para-hydroxylation sites is 3. The number of benzene rings is 9. The molecule has 1 heterocycles. The van der Waals surface area contributed by atoms with Crippen LogP contribution in [0.15, 0.2) is 224 Å². The number of fused-ring (bicyclic) bond motifs is 13. The van der Waals surface area contributed by atoms with Gasteiger partial charge in [-0.1, -0.05) is 182 Å². The van der Waals surface area contributed by atoms with Crippen LogP contribution in [0, 0.1) is 0 Å². The van der Waals surface area contributed by atoms with Crippen molar-refractivity contribution >= 4 is 22.6 Å². The Kier molecular flexibility index (Phi) is 8.26. The Morgan fingerprint density at radius 3 is 1.73 bits per heavy atom. The number of anilines is 3. The molecule has 13 rings (SSSR count). The van der Waals surface area contributed by atoms with Crippen molar-refractivity contribution in [2.45, 2.75) is 18.3 Å². The number of ether oxygens (including phenoxy) is 2. The lowest BCUT2D eigenvalue weighted by Gasteiger charge is -2.31. The van der Waals surface area contributed by atoms with Gasteiger partial charge >= 0.3 is 0 Å². The molecular formula is C61H41NO2. The molecule has 0 aromatic heterocycles. The molecule has 4 aliphatic rings. The van der Waals surface area contributed by atoms with Gasteiger partial charge in [-0.25, -0.2) is 0 Å². The average Bonchev–Trinajstić information content (AvgIpc) is 3.84. The molecule has 64 heavy (non-hydrogen) atoms. The summed E-state index contributed by atoms with van der Waals surface area (Å²) in [5, 5.41) is 0. The molecule has 3 nitrogen and oxygen atoms in total. The van der Waals surface area contributed by atoms with Gasteiger partial charge in [0.15, 0.2) is 23.0 Å². The van der Waals surface area contributed by atoms with Gasteiger partial charge in [0.25, 0.3) is 0 Å². The van der Waals surface area contributed by atoms with E-state index in [2.05, 4.69) is 223 Å². The van der Waals surface area contributed by atoms with Crippen LogP contribution in [0.1, 0.15) is 40.7 Å². The van der Waals surface area contributed by atoms with Crippen LogP contribution in [-0.4, -0.2) is 0 Å². The van der Waals surface area contributed by atoms with Crippen molar-refractivity contribution in [2.24, 2.45) is 0 Å². The van der Waals surface area contributed by atoms with Crippen LogP contribution in [0.2, 0.25) is 0 Å². The van der Waals surface area contributed by atoms with Crippen LogP contribution in [0.4, 0.5) is 17.1 Å². The van der Waals surface area contributed by atoms with E-state index in [9.17, 15) is 0 Å². The van der Waals surface area contributed by atoms with Crippen molar-refractivity contribution in [1.29, 1.82) is 0 Å². The summed E-state index contributed by atoms with van der Waals surface area (Å²) in [5.74, 6) is 2.85. The zero-order chi connectivity index (χ0) is 42.2. The lowest BCUT2D eigenvalue weighted by atomic mass is 9.70. The predicted molar refractivity (Wildman–Crippen MR) is 261 cm³/mol. The first-order valence-electron chi connectivity index (χ1n) is 22.2. The van der Waals surface area contributed by atoms with E-state index in [1.54, 1.807) is 0 Å². The highest BCUT2D eigenvalue weighted by Crippen LogP contribution is 2.66. The zero-order valence-corrected chi connectivity index (χ0v) is 35.0. The molecule has 3 aliphatic carbocycles. The molecule has 0 atom stereocenters. The fraction of sp³-hybridized carbons (Fsp3) is 0.0492. The van der Waals surface area contributed by atoms with Gasteiger partial charge < -0.3 is 14.4 Å². The van der Waals surface area contributed by atoms with Crippen molar-refractivity contribution < 1.29 is 9.47 Å². The number of hydrogen-bond donors (Lipinski definition) is 0. The van der Waals surface area contributed by atoms with E-state index in [4.69, 9.17) is 9.47 Å². The number of hydrogen-bond acceptors (Lipinski definition) is 3. The minimum Gasteiger partial charge on any atom is -0.449 e. The molecule has 3 heteroatoms. The molecule has 9 aromatic carbocycles. The molecule has 0 unspecified atom stereocenters. The Morgan fingerprint density at radius 1 is 0.391 bits per heavy atom. The van der Waals surface area contributed by atoms with Crippen molar-refractivity contribution in [2.75, 3.05) is 4.90 Å². The molecule has 9 aromatic rings. The van der Waals surface area contributed by atoms with Gasteiger partial charge in [0, 0.05) is 28.1 Å². The van der Waals surface area contributed by atoms with E-state index in [1.165, 1.54) is 55.6 Å². The first-order valence-corrected chi connectivity index (χ1v) is 22.2. The lowest BCUT2D eigenvalue weighted by molar-refractivity contribution is 0.361. The summed E-state index contributed by atoms with van der Waals surface area (Å²) in [7, 11) is 0. The summed E-state index contributed by atoms with van der Waals surface area (Å²) in [4.78, 5) is 2.37. The summed E-state index contributed by atoms with van der Waals surface area (Å²) < 4.78 is 14.3. The third kappa shape index (κ3) is 5.34. The third-order valence-electron chi connectivity index (χ3n) is 13.6. The Labute approximate surface area is 373 Å². The molecule has 1 aliphatic heterocycles. The molecule has 0 radical (unpaired) electrons. The number of allylic oxidation sites excluding steroid dienone is 4. The maximum absolute atomic E-state index is 7.38. The fourth-order valence-electron chi connectivity index (χ4n) is 11.0. The van der Waals surface area contributed by atoms with E-state index in [0.29, 0.717) is 17.2 Å². The topological polar surface area (TPSA) is 21.7 Å². The second kappa shape index (κ2) is 14.5. The van der Waals surface area contributed by atoms with Crippen molar-refractivity contribution in [3.8, 4) is 67.5 Å². The second-order valence-electron chi connectivity index (χ2n) is 17.0. The quantitative estimate of drug-likeness (QED) is 0.167. The average molecular weight is 820 g/mol. The van der Waals surface area contributed by atoms with E-state index < -0.39 is 5.41 Å². The Morgan fingerprint density at radius 2 is 0.984 bits per heavy atom. The van der Waals surface area contributed by atoms with Gasteiger partial charge in [-0.15, -0.1) is 0 Å². The van der Waals surface area contributed by atoms with Gasteiger partial charge in [0.2, 0.25) is 0 Å². The largest absolute Gasteiger partial charge is 0.449 e. The maximum Gasteiger partial charge on any atom is 0.178 e. The third-order valence-corrected chi connectivity index (χ3v) is 13.6. The molecule has 0 saturated carbocycles. The molecule has 0 saturated heterocycles. The highest BCUT2D eigenvalue weighted by Gasteiger charge is 2.53. The Hall–Kier alpha value is -8.14. The van der Waals surface area contributed by atoms with Gasteiger partial charge in [-0.05, 0) is 117 Å². The first-order chi connectivity index (χ1) is 31.8. The lowest BCUT2D eigenvalue weighted by Crippen LogP contribution is -2.25. The predicted octanol–water partition coefficient (Wildman–Crippen LogP) is 16.5. The first kappa shape index (κ1) is 36.5. The number of nitrogens with zero attached hydrogens (tertiary/aromatic N) is 1. The van der Waals surface area contributed by atoms with Gasteiger partial charge in [-0.2, -0.15) is 0 Å². The smallest absolute Gasteiger partial charge is 0.178 e. The van der Waals surface area contributed by atoms with Crippen LogP contribution < -0.4 is 14.4 Å². The highest BCUT2D eigenvalue weighted by molar-refractivity contribution is 5.99. The molecule has 0 N–H and O–H groups in total. The van der Waals surface area contributed by atoms with E-state index in [0.717, 1.165) is 57.9 Å². The van der Waals surface area contributed by atoms with E-state index in [-0.39, 0.29) is 0 Å². The SMILES string of the molecule is C1=CC(c2ccccc2-c2cccc(N(c3ccccc3)c3ccccc3-c3cccc4c3Oc3c(ccc5c3-c3ccccc3C53c5ccccc5-c5ccccc53)O4)c2)=CCC1. The molecule has 0 fully saturated rings. The van der Waals surface area contributed by atoms with Crippen molar-refractivity contribution in [3.63, 3.8) is 0 Å². The maximum atomic E-state index is 7.38. The standard InChI is InChI=1S/C61H41NO2/c1-3-19-40(20-4-1)44-25-7-8-26-45(44)41-21-17-24-43(39-41)62(42-22-5-2-6-23-42)55-35-16-12-29-48(55)49-31-18-36-56-59(49)64-60-57(63-56)38-37-54-58(60)50-30-11-15-34-53(50)61(54)51-32-13-9-27-46(51)47-28-10-14-33-52(47)61/h2-3,5-39H,1,4H2. The van der Waals surface area contributed by atoms with E-state index in [1.807, 2.05) is 6.07 Å². The monoisotopic (exact) mass is 819 g/mol. The minimum absolute atomic E-state index is 0.487.